The maximum absolute atomic E-state index is 13.6. The molecule has 3 rings (SSSR count). The van der Waals surface area contributed by atoms with E-state index in [0.29, 0.717) is 0 Å². The number of carbonyl (C=O) groups excluding carboxylic acids is 1. The fourth-order valence-electron chi connectivity index (χ4n) is 2.44. The van der Waals surface area contributed by atoms with Crippen LogP contribution in [0.15, 0.2) is 66.7 Å². The van der Waals surface area contributed by atoms with E-state index < -0.39 is 11.8 Å². The molecule has 0 aliphatic heterocycles. The minimum absolute atomic E-state index is 0.148. The van der Waals surface area contributed by atoms with Gasteiger partial charge in [-0.3, -0.25) is 0 Å². The zero-order valence-electron chi connectivity index (χ0n) is 12.7. The summed E-state index contributed by atoms with van der Waals surface area (Å²) in [6.45, 7) is 0.148. The topological polar surface area (TPSA) is 26.3 Å². The van der Waals surface area contributed by atoms with E-state index in [9.17, 15) is 9.18 Å². The summed E-state index contributed by atoms with van der Waals surface area (Å²) < 4.78 is 18.9. The summed E-state index contributed by atoms with van der Waals surface area (Å²) in [5, 5.41) is 2.36. The Bertz CT molecular complexity index is 893. The molecule has 4 heteroatoms. The molecule has 0 aliphatic rings. The van der Waals surface area contributed by atoms with E-state index in [2.05, 4.69) is 0 Å². The van der Waals surface area contributed by atoms with Crippen molar-refractivity contribution in [3.63, 3.8) is 0 Å². The number of hydrogen-bond acceptors (Lipinski definition) is 2. The predicted molar refractivity (Wildman–Crippen MR) is 94.2 cm³/mol. The molecule has 120 valence electrons. The van der Waals surface area contributed by atoms with Crippen molar-refractivity contribution in [1.82, 2.24) is 0 Å². The molecular formula is C20H14ClFO2. The van der Waals surface area contributed by atoms with Crippen LogP contribution in [0.2, 0.25) is 5.02 Å². The van der Waals surface area contributed by atoms with Crippen LogP contribution >= 0.6 is 11.6 Å². The van der Waals surface area contributed by atoms with Crippen molar-refractivity contribution in [2.75, 3.05) is 0 Å². The molecule has 2 nitrogen and oxygen atoms in total. The lowest BCUT2D eigenvalue weighted by Gasteiger charge is -2.06. The standard InChI is InChI=1S/C20H14ClFO2/c21-18-9-4-10-19(22)17(18)11-12-20(23)24-13-15-7-3-6-14-5-1-2-8-16(14)15/h1-12H,13H2/b12-11+. The molecule has 0 unspecified atom stereocenters. The lowest BCUT2D eigenvalue weighted by atomic mass is 10.1. The maximum atomic E-state index is 13.6. The molecule has 0 bridgehead atoms. The van der Waals surface area contributed by atoms with Gasteiger partial charge in [-0.1, -0.05) is 60.1 Å². The minimum atomic E-state index is -0.553. The Morgan fingerprint density at radius 2 is 1.79 bits per heavy atom. The first-order valence-electron chi connectivity index (χ1n) is 7.40. The predicted octanol–water partition coefficient (Wildman–Crippen LogP) is 5.39. The van der Waals surface area contributed by atoms with Gasteiger partial charge in [0.15, 0.2) is 0 Å². The zero-order valence-corrected chi connectivity index (χ0v) is 13.5. The van der Waals surface area contributed by atoms with Crippen LogP contribution < -0.4 is 0 Å². The quantitative estimate of drug-likeness (QED) is 0.470. The van der Waals surface area contributed by atoms with Gasteiger partial charge in [0.25, 0.3) is 0 Å². The second kappa shape index (κ2) is 7.28. The number of hydrogen-bond donors (Lipinski definition) is 0. The first kappa shape index (κ1) is 16.2. The Balaban J connectivity index is 1.70. The molecule has 0 radical (unpaired) electrons. The minimum Gasteiger partial charge on any atom is -0.458 e. The summed E-state index contributed by atoms with van der Waals surface area (Å²) in [5.41, 5.74) is 1.08. The van der Waals surface area contributed by atoms with E-state index in [1.165, 1.54) is 24.3 Å². The van der Waals surface area contributed by atoms with Crippen LogP contribution in [-0.4, -0.2) is 5.97 Å². The van der Waals surface area contributed by atoms with Gasteiger partial charge in [0.2, 0.25) is 0 Å². The van der Waals surface area contributed by atoms with Crippen molar-refractivity contribution in [1.29, 1.82) is 0 Å². The highest BCUT2D eigenvalue weighted by atomic mass is 35.5. The van der Waals surface area contributed by atoms with Crippen LogP contribution in [0.4, 0.5) is 4.39 Å². The molecule has 0 fully saturated rings. The van der Waals surface area contributed by atoms with Crippen LogP contribution in [0, 0.1) is 5.82 Å². The number of carbonyl (C=O) groups is 1. The van der Waals surface area contributed by atoms with Crippen molar-refractivity contribution in [2.24, 2.45) is 0 Å². The van der Waals surface area contributed by atoms with Gasteiger partial charge < -0.3 is 4.74 Å². The molecule has 3 aromatic carbocycles. The van der Waals surface area contributed by atoms with Gasteiger partial charge in [0, 0.05) is 11.6 Å². The van der Waals surface area contributed by atoms with Gasteiger partial charge >= 0.3 is 5.97 Å². The van der Waals surface area contributed by atoms with Crippen molar-refractivity contribution >= 4 is 34.4 Å². The van der Waals surface area contributed by atoms with Gasteiger partial charge in [-0.2, -0.15) is 0 Å². The van der Waals surface area contributed by atoms with E-state index in [1.54, 1.807) is 6.07 Å². The number of halogens is 2. The number of ether oxygens (including phenoxy) is 1. The number of fused-ring (bicyclic) bond motifs is 1. The molecule has 0 spiro atoms. The molecule has 0 N–H and O–H groups in total. The van der Waals surface area contributed by atoms with Crippen molar-refractivity contribution in [3.8, 4) is 0 Å². The molecule has 3 aromatic rings. The number of rotatable bonds is 4. The molecule has 0 aliphatic carbocycles. The Kier molecular flexibility index (Phi) is 4.92. The highest BCUT2D eigenvalue weighted by Gasteiger charge is 2.06. The van der Waals surface area contributed by atoms with Crippen molar-refractivity contribution in [3.05, 3.63) is 88.7 Å². The first-order chi connectivity index (χ1) is 11.6. The average Bonchev–Trinajstić information content (AvgIpc) is 2.59. The summed E-state index contributed by atoms with van der Waals surface area (Å²) in [6, 6.07) is 18.1. The third-order valence-corrected chi connectivity index (χ3v) is 3.97. The van der Waals surface area contributed by atoms with Crippen LogP contribution in [0.1, 0.15) is 11.1 Å². The van der Waals surface area contributed by atoms with Crippen LogP contribution in [0.5, 0.6) is 0 Å². The fourth-order valence-corrected chi connectivity index (χ4v) is 2.66. The molecule has 0 atom stereocenters. The summed E-state index contributed by atoms with van der Waals surface area (Å²) in [4.78, 5) is 11.9. The van der Waals surface area contributed by atoms with Gasteiger partial charge in [-0.25, -0.2) is 9.18 Å². The van der Waals surface area contributed by atoms with Gasteiger partial charge in [-0.15, -0.1) is 0 Å². The summed E-state index contributed by atoms with van der Waals surface area (Å²) in [7, 11) is 0. The molecule has 0 aromatic heterocycles. The summed E-state index contributed by atoms with van der Waals surface area (Å²) in [5.74, 6) is -1.04. The Morgan fingerprint density at radius 1 is 1.04 bits per heavy atom. The number of benzene rings is 3. The monoisotopic (exact) mass is 340 g/mol. The second-order valence-corrected chi connectivity index (χ2v) is 5.62. The van der Waals surface area contributed by atoms with Crippen LogP contribution in [0.25, 0.3) is 16.8 Å². The zero-order chi connectivity index (χ0) is 16.9. The average molecular weight is 341 g/mol. The van der Waals surface area contributed by atoms with E-state index in [4.69, 9.17) is 16.3 Å². The van der Waals surface area contributed by atoms with Crippen LogP contribution in [-0.2, 0) is 16.1 Å². The lowest BCUT2D eigenvalue weighted by Crippen LogP contribution is -2.01. The Morgan fingerprint density at radius 3 is 2.62 bits per heavy atom. The number of esters is 1. The SMILES string of the molecule is O=C(/C=C/c1c(F)cccc1Cl)OCc1cccc2ccccc12. The largest absolute Gasteiger partial charge is 0.458 e. The fraction of sp³-hybridized carbons (Fsp3) is 0.0500. The molecule has 0 heterocycles. The van der Waals surface area contributed by atoms with Crippen LogP contribution in [0.3, 0.4) is 0 Å². The normalized spacial score (nSPS) is 11.1. The Labute approximate surface area is 144 Å². The Hall–Kier alpha value is -2.65. The highest BCUT2D eigenvalue weighted by Crippen LogP contribution is 2.21. The molecule has 24 heavy (non-hydrogen) atoms. The summed E-state index contributed by atoms with van der Waals surface area (Å²) >= 11 is 5.91. The van der Waals surface area contributed by atoms with Gasteiger partial charge in [0.1, 0.15) is 12.4 Å². The first-order valence-corrected chi connectivity index (χ1v) is 7.78. The molecular weight excluding hydrogens is 327 g/mol. The van der Waals surface area contributed by atoms with E-state index in [1.807, 2.05) is 42.5 Å². The molecule has 0 amide bonds. The summed E-state index contributed by atoms with van der Waals surface area (Å²) in [6.07, 6.45) is 2.50. The third kappa shape index (κ3) is 3.63. The molecule has 0 saturated heterocycles. The van der Waals surface area contributed by atoms with Crippen molar-refractivity contribution < 1.29 is 13.9 Å². The van der Waals surface area contributed by atoms with E-state index >= 15 is 0 Å². The highest BCUT2D eigenvalue weighted by molar-refractivity contribution is 6.32. The van der Waals surface area contributed by atoms with Crippen molar-refractivity contribution in [2.45, 2.75) is 6.61 Å². The smallest absolute Gasteiger partial charge is 0.331 e. The van der Waals surface area contributed by atoms with E-state index in [-0.39, 0.29) is 17.2 Å². The van der Waals surface area contributed by atoms with Gasteiger partial charge in [0.05, 0.1) is 5.02 Å². The van der Waals surface area contributed by atoms with Gasteiger partial charge in [-0.05, 0) is 34.5 Å². The lowest BCUT2D eigenvalue weighted by molar-refractivity contribution is -0.138. The molecule has 0 saturated carbocycles. The maximum Gasteiger partial charge on any atom is 0.331 e. The second-order valence-electron chi connectivity index (χ2n) is 5.21. The third-order valence-electron chi connectivity index (χ3n) is 3.64. The van der Waals surface area contributed by atoms with E-state index in [0.717, 1.165) is 16.3 Å².